The molecule has 39 heavy (non-hydrogen) atoms. The van der Waals surface area contributed by atoms with Gasteiger partial charge in [0, 0.05) is 36.6 Å². The minimum atomic E-state index is -4.26. The second-order valence-corrected chi connectivity index (χ2v) is 13.6. The van der Waals surface area contributed by atoms with Crippen LogP contribution in [0.1, 0.15) is 42.6 Å². The zero-order valence-corrected chi connectivity index (χ0v) is 23.1. The summed E-state index contributed by atoms with van der Waals surface area (Å²) in [7, 11) is -4.26. The van der Waals surface area contributed by atoms with Gasteiger partial charge in [0.1, 0.15) is 11.7 Å². The number of H-pyrrole nitrogens is 1. The van der Waals surface area contributed by atoms with Gasteiger partial charge in [-0.15, -0.1) is 11.3 Å². The average Bonchev–Trinajstić information content (AvgIpc) is 3.55. The van der Waals surface area contributed by atoms with Gasteiger partial charge >= 0.3 is 0 Å². The molecule has 6 rings (SSSR count). The van der Waals surface area contributed by atoms with Crippen LogP contribution in [0.4, 0.5) is 13.2 Å². The molecule has 2 aromatic rings. The molecule has 3 amide bonds. The fourth-order valence-electron chi connectivity index (χ4n) is 5.83. The summed E-state index contributed by atoms with van der Waals surface area (Å²) in [5.74, 6) is -7.32. The zero-order chi connectivity index (χ0) is 28.3. The lowest BCUT2D eigenvalue weighted by molar-refractivity contribution is -0.179. The van der Waals surface area contributed by atoms with Crippen molar-refractivity contribution in [2.75, 3.05) is 12.8 Å². The summed E-state index contributed by atoms with van der Waals surface area (Å²) in [4.78, 5) is 43.5. The number of aromatic amines is 1. The highest BCUT2D eigenvalue weighted by atomic mass is 35.5. The predicted octanol–water partition coefficient (Wildman–Crippen LogP) is 3.38. The number of halogens is 4. The van der Waals surface area contributed by atoms with Crippen LogP contribution in [0.3, 0.4) is 0 Å². The molecule has 1 saturated carbocycles. The van der Waals surface area contributed by atoms with Crippen molar-refractivity contribution in [3.63, 3.8) is 0 Å². The number of fused-ring (bicyclic) bond motifs is 4. The number of amides is 3. The number of sulfone groups is 1. The molecule has 0 unspecified atom stereocenters. The Morgan fingerprint density at radius 3 is 2.69 bits per heavy atom. The Kier molecular flexibility index (Phi) is 7.25. The first-order valence-corrected chi connectivity index (χ1v) is 15.5. The van der Waals surface area contributed by atoms with Crippen molar-refractivity contribution >= 4 is 60.7 Å². The number of alkyl halides is 2. The average molecular weight is 607 g/mol. The minimum Gasteiger partial charge on any atom is -0.356 e. The third kappa shape index (κ3) is 5.30. The number of thiophene rings is 1. The topological polar surface area (TPSA) is 128 Å². The maximum Gasteiger partial charge on any atom is 0.271 e. The molecule has 2 bridgehead atoms. The molecular formula is C24H26ClF3N4O5S2. The van der Waals surface area contributed by atoms with Crippen LogP contribution < -0.4 is 10.6 Å². The second-order valence-electron chi connectivity index (χ2n) is 10.3. The summed E-state index contributed by atoms with van der Waals surface area (Å²) < 4.78 is 68.7. The molecule has 9 nitrogen and oxygen atoms in total. The van der Waals surface area contributed by atoms with E-state index in [1.807, 2.05) is 0 Å². The van der Waals surface area contributed by atoms with E-state index in [0.717, 1.165) is 4.90 Å². The number of nitrogens with one attached hydrogen (secondary N) is 3. The van der Waals surface area contributed by atoms with E-state index in [-0.39, 0.29) is 30.9 Å². The first-order valence-electron chi connectivity index (χ1n) is 12.4. The Bertz CT molecular complexity index is 1470. The fraction of sp³-hybridized carbons (Fsp3) is 0.542. The Morgan fingerprint density at radius 2 is 2.08 bits per heavy atom. The molecule has 4 fully saturated rings. The van der Waals surface area contributed by atoms with Crippen molar-refractivity contribution in [3.8, 4) is 0 Å². The monoisotopic (exact) mass is 606 g/mol. The summed E-state index contributed by atoms with van der Waals surface area (Å²) >= 11 is 7.45. The lowest BCUT2D eigenvalue weighted by Gasteiger charge is -2.53. The SMILES string of the molecule is CS(=O)(=O)/C(F)=C/[C@H](C[C@@H]1CCNC1=O)NC(=O)[C@@H]1[C@@H]2CC[C@@H](CC2(F)F)N1C(=O)c1cc2scc(Cl)c2[nH]1. The molecule has 5 atom stereocenters. The number of hydrogen-bond donors (Lipinski definition) is 3. The number of rotatable bonds is 7. The lowest BCUT2D eigenvalue weighted by atomic mass is 9.71. The van der Waals surface area contributed by atoms with Gasteiger partial charge in [-0.3, -0.25) is 14.4 Å². The first kappa shape index (κ1) is 28.0. The molecule has 15 heteroatoms. The number of hydrogen-bond acceptors (Lipinski definition) is 6. The second kappa shape index (κ2) is 10.1. The highest BCUT2D eigenvalue weighted by molar-refractivity contribution is 7.94. The van der Waals surface area contributed by atoms with E-state index in [1.54, 1.807) is 11.4 Å². The Balaban J connectivity index is 1.47. The Hall–Kier alpha value is -2.58. The van der Waals surface area contributed by atoms with Gasteiger partial charge in [-0.25, -0.2) is 17.2 Å². The summed E-state index contributed by atoms with van der Waals surface area (Å²) in [6.07, 6.45) is 1.23. The molecule has 0 aromatic carbocycles. The van der Waals surface area contributed by atoms with Crippen LogP contribution in [0.15, 0.2) is 22.7 Å². The summed E-state index contributed by atoms with van der Waals surface area (Å²) in [5.41, 5.74) is 0.615. The standard InChI is InChI=1S/C24H26ClF3N4O5S2/c1-39(36,37)18(26)7-12(6-11-4-5-29-21(11)33)30-22(34)20-14-3-2-13(9-24(14,27)28)32(20)23(35)16-8-17-19(31-16)15(25)10-38-17/h7-8,10-14,20,31H,2-6,9H2,1H3,(H,29,33)(H,30,34)/b18-7+/t11-,12-,13-,14-,20-/m0/s1. The highest BCUT2D eigenvalue weighted by Gasteiger charge is 2.60. The van der Waals surface area contributed by atoms with Crippen LogP contribution in [0.25, 0.3) is 10.2 Å². The van der Waals surface area contributed by atoms with E-state index < -0.39 is 69.1 Å². The van der Waals surface area contributed by atoms with Crippen LogP contribution in [0.2, 0.25) is 5.02 Å². The number of carbonyl (C=O) groups excluding carboxylic acids is 3. The Labute approximate surface area is 231 Å². The van der Waals surface area contributed by atoms with Crippen molar-refractivity contribution in [1.29, 1.82) is 0 Å². The molecule has 5 heterocycles. The van der Waals surface area contributed by atoms with Crippen molar-refractivity contribution in [3.05, 3.63) is 33.4 Å². The third-order valence-corrected chi connectivity index (χ3v) is 9.90. The van der Waals surface area contributed by atoms with Crippen LogP contribution in [0, 0.1) is 11.8 Å². The smallest absolute Gasteiger partial charge is 0.271 e. The van der Waals surface area contributed by atoms with E-state index in [4.69, 9.17) is 11.6 Å². The predicted molar refractivity (Wildman–Crippen MR) is 139 cm³/mol. The molecule has 0 radical (unpaired) electrons. The van der Waals surface area contributed by atoms with E-state index in [0.29, 0.717) is 40.5 Å². The summed E-state index contributed by atoms with van der Waals surface area (Å²) in [6, 6.07) is -2.25. The van der Waals surface area contributed by atoms with E-state index >= 15 is 8.78 Å². The van der Waals surface area contributed by atoms with Gasteiger partial charge in [-0.2, -0.15) is 4.39 Å². The van der Waals surface area contributed by atoms with Gasteiger partial charge in [-0.1, -0.05) is 11.6 Å². The molecule has 212 valence electrons. The van der Waals surface area contributed by atoms with Gasteiger partial charge in [0.25, 0.3) is 11.8 Å². The summed E-state index contributed by atoms with van der Waals surface area (Å²) in [5, 5.41) is 5.65. The minimum absolute atomic E-state index is 0.00554. The third-order valence-electron chi connectivity index (χ3n) is 7.69. The molecule has 1 aliphatic carbocycles. The number of carbonyl (C=O) groups is 3. The maximum atomic E-state index is 15.1. The van der Waals surface area contributed by atoms with Crippen molar-refractivity contribution in [2.45, 2.75) is 56.2 Å². The van der Waals surface area contributed by atoms with Crippen molar-refractivity contribution in [2.24, 2.45) is 11.8 Å². The highest BCUT2D eigenvalue weighted by Crippen LogP contribution is 2.49. The number of aromatic nitrogens is 1. The van der Waals surface area contributed by atoms with Crippen molar-refractivity contribution < 1.29 is 36.0 Å². The molecule has 3 saturated heterocycles. The van der Waals surface area contributed by atoms with Crippen LogP contribution in [0.5, 0.6) is 0 Å². The zero-order valence-electron chi connectivity index (χ0n) is 20.7. The van der Waals surface area contributed by atoms with Crippen LogP contribution >= 0.6 is 22.9 Å². The van der Waals surface area contributed by atoms with Gasteiger partial charge in [0.05, 0.1) is 27.2 Å². The molecule has 2 aromatic heterocycles. The first-order chi connectivity index (χ1) is 18.3. The normalized spacial score (nSPS) is 27.6. The van der Waals surface area contributed by atoms with Gasteiger partial charge in [-0.05, 0) is 37.8 Å². The van der Waals surface area contributed by atoms with E-state index in [9.17, 15) is 27.2 Å². The largest absolute Gasteiger partial charge is 0.356 e. The molecule has 3 N–H and O–H groups in total. The maximum absolute atomic E-state index is 15.1. The van der Waals surface area contributed by atoms with Gasteiger partial charge in [0.15, 0.2) is 0 Å². The quantitative estimate of drug-likeness (QED) is 0.445. The Morgan fingerprint density at radius 1 is 1.33 bits per heavy atom. The molecule has 4 aliphatic rings. The van der Waals surface area contributed by atoms with Crippen molar-refractivity contribution in [1.82, 2.24) is 20.5 Å². The summed E-state index contributed by atoms with van der Waals surface area (Å²) in [6.45, 7) is 0.362. The number of piperidine rings is 2. The lowest BCUT2D eigenvalue weighted by Crippen LogP contribution is -2.68. The van der Waals surface area contributed by atoms with Gasteiger partial charge in [0.2, 0.25) is 26.8 Å². The molecular weight excluding hydrogens is 581 g/mol. The number of nitrogens with zero attached hydrogens (tertiary/aromatic N) is 1. The fourth-order valence-corrected chi connectivity index (χ4v) is 7.39. The van der Waals surface area contributed by atoms with Gasteiger partial charge < -0.3 is 20.5 Å². The van der Waals surface area contributed by atoms with Crippen LogP contribution in [-0.2, 0) is 19.4 Å². The molecule has 3 aliphatic heterocycles. The van der Waals surface area contributed by atoms with E-state index in [1.165, 1.54) is 11.3 Å². The molecule has 0 spiro atoms. The van der Waals surface area contributed by atoms with E-state index in [2.05, 4.69) is 15.6 Å². The van der Waals surface area contributed by atoms with Crippen LogP contribution in [-0.4, -0.2) is 72.9 Å².